The normalized spacial score (nSPS) is 12.6. The zero-order valence-electron chi connectivity index (χ0n) is 9.58. The van der Waals surface area contributed by atoms with Crippen LogP contribution in [-0.4, -0.2) is 15.0 Å². The summed E-state index contributed by atoms with van der Waals surface area (Å²) < 4.78 is 5.31. The molecule has 0 fully saturated rings. The molecular formula is C11H22O2Si. The maximum absolute atomic E-state index is 11.6. The van der Waals surface area contributed by atoms with Crippen LogP contribution in [0.15, 0.2) is 12.7 Å². The Labute approximate surface area is 89.1 Å². The molecule has 0 saturated carbocycles. The molecule has 1 atom stereocenters. The summed E-state index contributed by atoms with van der Waals surface area (Å²) in [7, 11) is -1.23. The van der Waals surface area contributed by atoms with Crippen molar-refractivity contribution in [1.29, 1.82) is 0 Å². The lowest BCUT2D eigenvalue weighted by Gasteiger charge is -2.15. The predicted molar refractivity (Wildman–Crippen MR) is 62.8 cm³/mol. The first kappa shape index (κ1) is 13.4. The lowest BCUT2D eigenvalue weighted by atomic mass is 9.99. The second kappa shape index (κ2) is 7.80. The molecule has 2 nitrogen and oxygen atoms in total. The number of allylic oxidation sites excluding steroid dienone is 1. The van der Waals surface area contributed by atoms with Crippen LogP contribution in [0.5, 0.6) is 0 Å². The fourth-order valence-corrected chi connectivity index (χ4v) is 1.97. The number of hydrogen-bond donors (Lipinski definition) is 0. The third-order valence-electron chi connectivity index (χ3n) is 2.04. The van der Waals surface area contributed by atoms with Crippen LogP contribution in [0.1, 0.15) is 32.6 Å². The van der Waals surface area contributed by atoms with Gasteiger partial charge in [-0.15, -0.1) is 6.58 Å². The van der Waals surface area contributed by atoms with Gasteiger partial charge in [-0.1, -0.05) is 25.8 Å². The smallest absolute Gasteiger partial charge is 0.295 e. The summed E-state index contributed by atoms with van der Waals surface area (Å²) in [6.45, 7) is 9.84. The van der Waals surface area contributed by atoms with Gasteiger partial charge in [-0.3, -0.25) is 4.79 Å². The Morgan fingerprint density at radius 3 is 2.64 bits per heavy atom. The summed E-state index contributed by atoms with van der Waals surface area (Å²) in [4.78, 5) is 11.6. The van der Waals surface area contributed by atoms with Gasteiger partial charge in [0, 0.05) is 0 Å². The Bertz CT molecular complexity index is 178. The maximum Gasteiger partial charge on any atom is 0.295 e. The fourth-order valence-electron chi connectivity index (χ4n) is 1.31. The molecule has 1 unspecified atom stereocenters. The summed E-state index contributed by atoms with van der Waals surface area (Å²) in [5.74, 6) is 0.0300. The molecule has 0 heterocycles. The van der Waals surface area contributed by atoms with E-state index in [1.807, 2.05) is 19.2 Å². The molecule has 82 valence electrons. The van der Waals surface area contributed by atoms with Gasteiger partial charge in [0.25, 0.3) is 5.97 Å². The lowest BCUT2D eigenvalue weighted by molar-refractivity contribution is -0.139. The molecule has 0 bridgehead atoms. The highest BCUT2D eigenvalue weighted by molar-refractivity contribution is 6.50. The van der Waals surface area contributed by atoms with Crippen molar-refractivity contribution in [3.05, 3.63) is 12.7 Å². The van der Waals surface area contributed by atoms with Gasteiger partial charge in [0.1, 0.15) is 0 Å². The van der Waals surface area contributed by atoms with Gasteiger partial charge in [0.05, 0.1) is 5.92 Å². The average Bonchev–Trinajstić information content (AvgIpc) is 2.10. The van der Waals surface area contributed by atoms with Crippen LogP contribution < -0.4 is 0 Å². The molecule has 0 aromatic rings. The molecule has 0 aromatic heterocycles. The first-order chi connectivity index (χ1) is 6.61. The van der Waals surface area contributed by atoms with Crippen LogP contribution in [0.4, 0.5) is 0 Å². The third-order valence-corrected chi connectivity index (χ3v) is 2.75. The number of rotatable bonds is 7. The van der Waals surface area contributed by atoms with Gasteiger partial charge >= 0.3 is 0 Å². The minimum Gasteiger partial charge on any atom is -0.522 e. The quantitative estimate of drug-likeness (QED) is 0.481. The second-order valence-electron chi connectivity index (χ2n) is 3.85. The number of carbonyl (C=O) groups is 1. The number of carbonyl (C=O) groups excluding carboxylic acids is 1. The minimum atomic E-state index is -1.23. The van der Waals surface area contributed by atoms with E-state index in [2.05, 4.69) is 13.5 Å². The van der Waals surface area contributed by atoms with E-state index >= 15 is 0 Å². The van der Waals surface area contributed by atoms with Gasteiger partial charge < -0.3 is 4.43 Å². The molecule has 0 aromatic carbocycles. The van der Waals surface area contributed by atoms with E-state index < -0.39 is 9.04 Å². The van der Waals surface area contributed by atoms with Crippen molar-refractivity contribution in [1.82, 2.24) is 0 Å². The predicted octanol–water partition coefficient (Wildman–Crippen LogP) is 2.90. The van der Waals surface area contributed by atoms with Crippen molar-refractivity contribution in [2.45, 2.75) is 45.7 Å². The molecule has 0 aliphatic carbocycles. The topological polar surface area (TPSA) is 26.3 Å². The molecular weight excluding hydrogens is 192 g/mol. The summed E-state index contributed by atoms with van der Waals surface area (Å²) in [6, 6.07) is 0. The van der Waals surface area contributed by atoms with E-state index in [1.165, 1.54) is 0 Å². The zero-order valence-corrected chi connectivity index (χ0v) is 10.7. The Balaban J connectivity index is 4.03. The van der Waals surface area contributed by atoms with Crippen molar-refractivity contribution < 1.29 is 9.22 Å². The Hall–Kier alpha value is -0.573. The van der Waals surface area contributed by atoms with Gasteiger partial charge in [-0.25, -0.2) is 0 Å². The highest BCUT2D eigenvalue weighted by atomic mass is 28.3. The zero-order chi connectivity index (χ0) is 11.0. The summed E-state index contributed by atoms with van der Waals surface area (Å²) in [5, 5.41) is 0. The number of unbranched alkanes of at least 4 members (excludes halogenated alkanes) is 1. The van der Waals surface area contributed by atoms with E-state index in [0.29, 0.717) is 0 Å². The number of hydrogen-bond acceptors (Lipinski definition) is 2. The summed E-state index contributed by atoms with van der Waals surface area (Å²) >= 11 is 0. The Morgan fingerprint density at radius 2 is 2.21 bits per heavy atom. The fraction of sp³-hybridized carbons (Fsp3) is 0.727. The Kier molecular flexibility index (Phi) is 7.48. The molecule has 0 aliphatic heterocycles. The molecule has 14 heavy (non-hydrogen) atoms. The SMILES string of the molecule is C=CCC(CCCC)C(=O)O[SiH](C)C. The van der Waals surface area contributed by atoms with Crippen LogP contribution in [0, 0.1) is 5.92 Å². The molecule has 0 amide bonds. The maximum atomic E-state index is 11.6. The van der Waals surface area contributed by atoms with E-state index in [4.69, 9.17) is 4.43 Å². The van der Waals surface area contributed by atoms with Crippen molar-refractivity contribution in [3.63, 3.8) is 0 Å². The van der Waals surface area contributed by atoms with Gasteiger partial charge in [-0.05, 0) is 25.9 Å². The van der Waals surface area contributed by atoms with Gasteiger partial charge in [0.2, 0.25) is 9.04 Å². The molecule has 0 spiro atoms. The Morgan fingerprint density at radius 1 is 1.57 bits per heavy atom. The summed E-state index contributed by atoms with van der Waals surface area (Å²) in [6.07, 6.45) is 5.71. The molecule has 0 rings (SSSR count). The van der Waals surface area contributed by atoms with E-state index in [-0.39, 0.29) is 11.9 Å². The molecule has 0 aliphatic rings. The van der Waals surface area contributed by atoms with Crippen LogP contribution in [0.25, 0.3) is 0 Å². The summed E-state index contributed by atoms with van der Waals surface area (Å²) in [5.41, 5.74) is 0. The van der Waals surface area contributed by atoms with Gasteiger partial charge in [0.15, 0.2) is 0 Å². The molecule has 0 N–H and O–H groups in total. The second-order valence-corrected chi connectivity index (χ2v) is 6.18. The first-order valence-electron chi connectivity index (χ1n) is 5.43. The first-order valence-corrected chi connectivity index (χ1v) is 8.21. The van der Waals surface area contributed by atoms with Crippen LogP contribution in [-0.2, 0) is 9.22 Å². The van der Waals surface area contributed by atoms with Crippen LogP contribution >= 0.6 is 0 Å². The van der Waals surface area contributed by atoms with Crippen molar-refractivity contribution in [3.8, 4) is 0 Å². The average molecular weight is 214 g/mol. The molecule has 3 heteroatoms. The van der Waals surface area contributed by atoms with Gasteiger partial charge in [-0.2, -0.15) is 0 Å². The molecule has 0 radical (unpaired) electrons. The van der Waals surface area contributed by atoms with E-state index in [0.717, 1.165) is 25.7 Å². The third kappa shape index (κ3) is 5.97. The van der Waals surface area contributed by atoms with E-state index in [9.17, 15) is 4.79 Å². The standard InChI is InChI=1S/C11H22O2Si/c1-5-7-9-10(8-6-2)11(12)13-14(3)4/h6,10,14H,2,5,7-9H2,1,3-4H3. The largest absolute Gasteiger partial charge is 0.522 e. The van der Waals surface area contributed by atoms with Crippen LogP contribution in [0.2, 0.25) is 13.1 Å². The van der Waals surface area contributed by atoms with Crippen molar-refractivity contribution in [2.75, 3.05) is 0 Å². The van der Waals surface area contributed by atoms with Crippen molar-refractivity contribution >= 4 is 15.0 Å². The van der Waals surface area contributed by atoms with Crippen molar-refractivity contribution in [2.24, 2.45) is 5.92 Å². The monoisotopic (exact) mass is 214 g/mol. The highest BCUT2D eigenvalue weighted by Crippen LogP contribution is 2.15. The molecule has 0 saturated heterocycles. The highest BCUT2D eigenvalue weighted by Gasteiger charge is 2.18. The van der Waals surface area contributed by atoms with Crippen LogP contribution in [0.3, 0.4) is 0 Å². The van der Waals surface area contributed by atoms with E-state index in [1.54, 1.807) is 0 Å². The minimum absolute atomic E-state index is 0.0139. The lowest BCUT2D eigenvalue weighted by Crippen LogP contribution is -2.23.